The van der Waals surface area contributed by atoms with E-state index in [0.717, 1.165) is 33.2 Å². The lowest BCUT2D eigenvalue weighted by Gasteiger charge is -2.04. The van der Waals surface area contributed by atoms with Crippen LogP contribution in [0, 0.1) is 0 Å². The minimum Gasteiger partial charge on any atom is -0.399 e. The summed E-state index contributed by atoms with van der Waals surface area (Å²) in [6.07, 6.45) is 0. The van der Waals surface area contributed by atoms with E-state index in [1.54, 1.807) is 0 Å². The van der Waals surface area contributed by atoms with Crippen LogP contribution in [0.2, 0.25) is 0 Å². The molecule has 0 amide bonds. The summed E-state index contributed by atoms with van der Waals surface area (Å²) >= 11 is 0. The SMILES string of the molecule is Nc1ccc2nc3cccc(N)c3cc2c1.O=S(=O)(O)O. The molecule has 3 aromatic rings. The summed E-state index contributed by atoms with van der Waals surface area (Å²) in [5.74, 6) is 0. The Morgan fingerprint density at radius 1 is 0.952 bits per heavy atom. The summed E-state index contributed by atoms with van der Waals surface area (Å²) in [6, 6.07) is 13.5. The maximum Gasteiger partial charge on any atom is 0.394 e. The van der Waals surface area contributed by atoms with E-state index < -0.39 is 10.4 Å². The van der Waals surface area contributed by atoms with Gasteiger partial charge < -0.3 is 11.5 Å². The molecule has 0 fully saturated rings. The van der Waals surface area contributed by atoms with Crippen LogP contribution in [-0.4, -0.2) is 22.5 Å². The van der Waals surface area contributed by atoms with Crippen LogP contribution in [0.4, 0.5) is 11.4 Å². The molecular formula is C13H13N3O4S. The van der Waals surface area contributed by atoms with Crippen LogP contribution >= 0.6 is 0 Å². The average Bonchev–Trinajstić information content (AvgIpc) is 2.35. The Hall–Kier alpha value is -2.42. The summed E-state index contributed by atoms with van der Waals surface area (Å²) in [7, 11) is -4.67. The van der Waals surface area contributed by atoms with Gasteiger partial charge in [0.25, 0.3) is 0 Å². The second-order valence-corrected chi connectivity index (χ2v) is 5.20. The third-order valence-corrected chi connectivity index (χ3v) is 2.71. The second-order valence-electron chi connectivity index (χ2n) is 4.30. The molecule has 2 aromatic carbocycles. The summed E-state index contributed by atoms with van der Waals surface area (Å²) in [4.78, 5) is 4.54. The molecule has 21 heavy (non-hydrogen) atoms. The number of anilines is 2. The Kier molecular flexibility index (Phi) is 3.94. The molecule has 110 valence electrons. The highest BCUT2D eigenvalue weighted by Gasteiger charge is 2.02. The lowest BCUT2D eigenvalue weighted by molar-refractivity contribution is 0.381. The zero-order valence-corrected chi connectivity index (χ0v) is 11.6. The van der Waals surface area contributed by atoms with Gasteiger partial charge >= 0.3 is 10.4 Å². The van der Waals surface area contributed by atoms with Crippen molar-refractivity contribution in [3.05, 3.63) is 42.5 Å². The highest BCUT2D eigenvalue weighted by atomic mass is 32.3. The molecule has 0 atom stereocenters. The van der Waals surface area contributed by atoms with Crippen molar-refractivity contribution in [3.8, 4) is 0 Å². The Labute approximate surface area is 120 Å². The van der Waals surface area contributed by atoms with Gasteiger partial charge in [-0.25, -0.2) is 4.98 Å². The quantitative estimate of drug-likeness (QED) is 0.282. The van der Waals surface area contributed by atoms with Gasteiger partial charge in [0.05, 0.1) is 11.0 Å². The first-order chi connectivity index (χ1) is 9.74. The van der Waals surface area contributed by atoms with Crippen molar-refractivity contribution in [3.63, 3.8) is 0 Å². The molecule has 0 saturated carbocycles. The number of nitrogens with two attached hydrogens (primary N) is 2. The lowest BCUT2D eigenvalue weighted by atomic mass is 10.1. The van der Waals surface area contributed by atoms with Crippen LogP contribution in [0.15, 0.2) is 42.5 Å². The average molecular weight is 307 g/mol. The van der Waals surface area contributed by atoms with Gasteiger partial charge in [-0.15, -0.1) is 0 Å². The van der Waals surface area contributed by atoms with E-state index in [9.17, 15) is 0 Å². The molecule has 8 heteroatoms. The van der Waals surface area contributed by atoms with Gasteiger partial charge in [-0.05, 0) is 36.4 Å². The zero-order valence-electron chi connectivity index (χ0n) is 10.8. The van der Waals surface area contributed by atoms with E-state index in [4.69, 9.17) is 29.0 Å². The van der Waals surface area contributed by atoms with E-state index in [-0.39, 0.29) is 0 Å². The molecule has 7 nitrogen and oxygen atoms in total. The number of nitrogens with zero attached hydrogens (tertiary/aromatic N) is 1. The molecule has 6 N–H and O–H groups in total. The third kappa shape index (κ3) is 4.02. The minimum absolute atomic E-state index is 0.739. The van der Waals surface area contributed by atoms with E-state index in [2.05, 4.69) is 4.98 Å². The molecule has 0 saturated heterocycles. The number of hydrogen-bond donors (Lipinski definition) is 4. The number of fused-ring (bicyclic) bond motifs is 2. The van der Waals surface area contributed by atoms with Gasteiger partial charge in [0.2, 0.25) is 0 Å². The van der Waals surface area contributed by atoms with E-state index in [1.807, 2.05) is 42.5 Å². The molecule has 1 aromatic heterocycles. The van der Waals surface area contributed by atoms with Crippen molar-refractivity contribution in [2.75, 3.05) is 11.5 Å². The first-order valence-electron chi connectivity index (χ1n) is 5.78. The first kappa shape index (κ1) is 15.0. The Morgan fingerprint density at radius 2 is 1.62 bits per heavy atom. The van der Waals surface area contributed by atoms with Crippen molar-refractivity contribution in [2.24, 2.45) is 0 Å². The first-order valence-corrected chi connectivity index (χ1v) is 7.18. The number of rotatable bonds is 0. The van der Waals surface area contributed by atoms with Crippen molar-refractivity contribution in [1.29, 1.82) is 0 Å². The van der Waals surface area contributed by atoms with Crippen LogP contribution in [0.1, 0.15) is 0 Å². The number of pyridine rings is 1. The summed E-state index contributed by atoms with van der Waals surface area (Å²) in [6.45, 7) is 0. The minimum atomic E-state index is -4.67. The highest BCUT2D eigenvalue weighted by Crippen LogP contribution is 2.25. The molecule has 0 aliphatic rings. The fraction of sp³-hybridized carbons (Fsp3) is 0. The fourth-order valence-electron chi connectivity index (χ4n) is 1.90. The largest absolute Gasteiger partial charge is 0.399 e. The van der Waals surface area contributed by atoms with Gasteiger partial charge in [-0.1, -0.05) is 6.07 Å². The summed E-state index contributed by atoms with van der Waals surface area (Å²) in [5, 5.41) is 1.99. The van der Waals surface area contributed by atoms with Crippen LogP contribution in [-0.2, 0) is 10.4 Å². The molecule has 0 bridgehead atoms. The van der Waals surface area contributed by atoms with Gasteiger partial charge in [0.1, 0.15) is 0 Å². The topological polar surface area (TPSA) is 140 Å². The van der Waals surface area contributed by atoms with Crippen LogP contribution < -0.4 is 11.5 Å². The van der Waals surface area contributed by atoms with Crippen molar-refractivity contribution >= 4 is 43.6 Å². The van der Waals surface area contributed by atoms with Gasteiger partial charge in [0, 0.05) is 22.1 Å². The van der Waals surface area contributed by atoms with E-state index >= 15 is 0 Å². The van der Waals surface area contributed by atoms with E-state index in [0.29, 0.717) is 0 Å². The highest BCUT2D eigenvalue weighted by molar-refractivity contribution is 7.79. The van der Waals surface area contributed by atoms with Gasteiger partial charge in [0.15, 0.2) is 0 Å². The molecular weight excluding hydrogens is 294 g/mol. The standard InChI is InChI=1S/C13H11N3.H2O4S/c14-9-4-5-12-8(6-9)7-10-11(15)2-1-3-13(10)16-12;1-5(2,3)4/h1-7H,14-15H2;(H2,1,2,3,4). The number of benzene rings is 2. The van der Waals surface area contributed by atoms with Crippen molar-refractivity contribution in [2.45, 2.75) is 0 Å². The predicted molar refractivity (Wildman–Crippen MR) is 82.3 cm³/mol. The Morgan fingerprint density at radius 3 is 2.29 bits per heavy atom. The van der Waals surface area contributed by atoms with Crippen molar-refractivity contribution < 1.29 is 17.5 Å². The van der Waals surface area contributed by atoms with Gasteiger partial charge in [-0.2, -0.15) is 8.42 Å². The molecule has 3 rings (SSSR count). The number of aromatic nitrogens is 1. The predicted octanol–water partition coefficient (Wildman–Crippen LogP) is 1.90. The second kappa shape index (κ2) is 5.52. The molecule has 0 unspecified atom stereocenters. The number of nitrogen functional groups attached to an aromatic ring is 2. The van der Waals surface area contributed by atoms with Crippen LogP contribution in [0.5, 0.6) is 0 Å². The lowest BCUT2D eigenvalue weighted by Crippen LogP contribution is -1.90. The molecule has 0 aliphatic carbocycles. The Bertz CT molecular complexity index is 902. The monoisotopic (exact) mass is 307 g/mol. The third-order valence-electron chi connectivity index (χ3n) is 2.71. The fourth-order valence-corrected chi connectivity index (χ4v) is 1.90. The maximum atomic E-state index is 8.74. The summed E-state index contributed by atoms with van der Waals surface area (Å²) < 4.78 is 31.6. The normalized spacial score (nSPS) is 11.1. The van der Waals surface area contributed by atoms with Crippen molar-refractivity contribution in [1.82, 2.24) is 4.98 Å². The smallest absolute Gasteiger partial charge is 0.394 e. The van der Waals surface area contributed by atoms with Gasteiger partial charge in [-0.3, -0.25) is 9.11 Å². The molecule has 0 spiro atoms. The number of hydrogen-bond acceptors (Lipinski definition) is 5. The maximum absolute atomic E-state index is 8.74. The zero-order chi connectivity index (χ0) is 15.6. The Balaban J connectivity index is 0.000000282. The molecule has 0 aliphatic heterocycles. The molecule has 1 heterocycles. The van der Waals surface area contributed by atoms with Crippen LogP contribution in [0.25, 0.3) is 21.8 Å². The van der Waals surface area contributed by atoms with E-state index in [1.165, 1.54) is 0 Å². The van der Waals surface area contributed by atoms with Crippen LogP contribution in [0.3, 0.4) is 0 Å². The summed E-state index contributed by atoms with van der Waals surface area (Å²) in [5.41, 5.74) is 15.0. The molecule has 0 radical (unpaired) electrons.